The highest BCUT2D eigenvalue weighted by molar-refractivity contribution is 5.86. The number of urea groups is 1. The van der Waals surface area contributed by atoms with Crippen molar-refractivity contribution in [1.29, 1.82) is 0 Å². The minimum atomic E-state index is -1.46. The molecular weight excluding hydrogens is 368 g/mol. The van der Waals surface area contributed by atoms with E-state index in [1.807, 2.05) is 5.32 Å². The van der Waals surface area contributed by atoms with Gasteiger partial charge >= 0.3 is 23.9 Å². The number of nitrogens with one attached hydrogen (secondary N) is 3. The highest BCUT2D eigenvalue weighted by atomic mass is 16.6. The molecule has 2 atom stereocenters. The predicted molar refractivity (Wildman–Crippen MR) is 87.1 cm³/mol. The molecule has 0 aliphatic rings. The van der Waals surface area contributed by atoms with E-state index < -0.39 is 42.4 Å². The Morgan fingerprint density at radius 2 is 1.44 bits per heavy atom. The van der Waals surface area contributed by atoms with E-state index in [2.05, 4.69) is 21.4 Å². The molecule has 0 aliphatic carbocycles. The normalized spacial score (nSPS) is 12.5. The summed E-state index contributed by atoms with van der Waals surface area (Å²) in [5.74, 6) is -1.27. The van der Waals surface area contributed by atoms with Gasteiger partial charge in [0, 0.05) is 13.0 Å². The summed E-state index contributed by atoms with van der Waals surface area (Å²) in [6.45, 7) is 0.100. The molecule has 0 spiro atoms. The highest BCUT2D eigenvalue weighted by Gasteiger charge is 2.24. The molecular formula is C14H25N4O9+. The number of hydrogen-bond acceptors (Lipinski definition) is 6. The third-order valence-electron chi connectivity index (χ3n) is 3.33. The molecule has 13 heteroatoms. The average molecular weight is 393 g/mol. The van der Waals surface area contributed by atoms with E-state index in [0.29, 0.717) is 12.8 Å². The lowest BCUT2D eigenvalue weighted by Gasteiger charge is -2.18. The molecule has 27 heavy (non-hydrogen) atoms. The van der Waals surface area contributed by atoms with Gasteiger partial charge in [0.15, 0.2) is 6.61 Å². The number of aliphatic carboxylic acids is 3. The first-order valence-corrected chi connectivity index (χ1v) is 8.05. The monoisotopic (exact) mass is 393 g/mol. The lowest BCUT2D eigenvalue weighted by atomic mass is 10.1. The number of carbonyl (C=O) groups excluding carboxylic acids is 2. The van der Waals surface area contributed by atoms with Gasteiger partial charge < -0.3 is 31.3 Å². The molecule has 0 bridgehead atoms. The van der Waals surface area contributed by atoms with Gasteiger partial charge in [-0.15, -0.1) is 0 Å². The molecule has 0 fully saturated rings. The summed E-state index contributed by atoms with van der Waals surface area (Å²) < 4.78 is 0. The molecule has 0 radical (unpaired) electrons. The number of carboxylic acid groups (broad SMARTS) is 3. The quantitative estimate of drug-likeness (QED) is 0.122. The van der Waals surface area contributed by atoms with Crippen molar-refractivity contribution >= 4 is 29.8 Å². The molecule has 0 saturated carbocycles. The molecule has 0 heterocycles. The van der Waals surface area contributed by atoms with E-state index in [0.717, 1.165) is 0 Å². The molecule has 9 N–H and O–H groups in total. The van der Waals surface area contributed by atoms with Crippen LogP contribution in [-0.2, 0) is 24.0 Å². The van der Waals surface area contributed by atoms with Gasteiger partial charge in [-0.05, 0) is 25.7 Å². The largest absolute Gasteiger partial charge is 0.481 e. The topological polar surface area (TPSA) is 219 Å². The second-order valence-corrected chi connectivity index (χ2v) is 5.53. The molecule has 0 saturated heterocycles. The smallest absolute Gasteiger partial charge is 0.326 e. The minimum Gasteiger partial charge on any atom is -0.481 e. The predicted octanol–water partition coefficient (Wildman–Crippen LogP) is -2.48. The number of amides is 3. The van der Waals surface area contributed by atoms with E-state index in [4.69, 9.17) is 15.3 Å². The lowest BCUT2D eigenvalue weighted by Crippen LogP contribution is -2.51. The van der Waals surface area contributed by atoms with E-state index in [-0.39, 0.29) is 31.9 Å². The van der Waals surface area contributed by atoms with Gasteiger partial charge in [0.1, 0.15) is 12.1 Å². The van der Waals surface area contributed by atoms with E-state index in [1.54, 1.807) is 0 Å². The molecule has 13 nitrogen and oxygen atoms in total. The van der Waals surface area contributed by atoms with Crippen LogP contribution in [0.1, 0.15) is 32.1 Å². The summed E-state index contributed by atoms with van der Waals surface area (Å²) in [4.78, 5) is 60.0. The first-order chi connectivity index (χ1) is 12.7. The molecule has 0 aliphatic heterocycles. The number of carboxylic acids is 3. The number of hydrogen-bond donors (Lipinski definition) is 7. The van der Waals surface area contributed by atoms with Crippen LogP contribution in [0.2, 0.25) is 0 Å². The van der Waals surface area contributed by atoms with Crippen molar-refractivity contribution in [2.24, 2.45) is 0 Å². The Morgan fingerprint density at radius 1 is 0.889 bits per heavy atom. The number of unbranched alkanes of at least 4 members (excludes halogenated alkanes) is 1. The maximum atomic E-state index is 11.8. The summed E-state index contributed by atoms with van der Waals surface area (Å²) in [7, 11) is 0. The summed E-state index contributed by atoms with van der Waals surface area (Å²) in [6.07, 6.45) is 0.0603. The zero-order valence-electron chi connectivity index (χ0n) is 14.6. The first kappa shape index (κ1) is 24.1. The fraction of sp³-hybridized carbons (Fsp3) is 0.643. The zero-order chi connectivity index (χ0) is 20.8. The Kier molecular flexibility index (Phi) is 11.9. The first-order valence-electron chi connectivity index (χ1n) is 8.05. The fourth-order valence-corrected chi connectivity index (χ4v) is 1.99. The molecule has 0 aromatic carbocycles. The van der Waals surface area contributed by atoms with Crippen LogP contribution >= 0.6 is 0 Å². The summed E-state index contributed by atoms with van der Waals surface area (Å²) in [5.41, 5.74) is 0. The van der Waals surface area contributed by atoms with Gasteiger partial charge in [0.2, 0.25) is 0 Å². The maximum Gasteiger partial charge on any atom is 0.326 e. The Morgan fingerprint density at radius 3 is 1.93 bits per heavy atom. The second-order valence-electron chi connectivity index (χ2n) is 5.53. The summed E-state index contributed by atoms with van der Waals surface area (Å²) in [5, 5.41) is 33.3. The van der Waals surface area contributed by atoms with Crippen molar-refractivity contribution in [2.75, 3.05) is 13.2 Å². The third kappa shape index (κ3) is 12.1. The third-order valence-corrected chi connectivity index (χ3v) is 3.33. The van der Waals surface area contributed by atoms with Crippen LogP contribution in [0.5, 0.6) is 0 Å². The van der Waals surface area contributed by atoms with Crippen molar-refractivity contribution in [3.63, 3.8) is 0 Å². The molecule has 0 aromatic heterocycles. The Labute approximate surface area is 154 Å². The van der Waals surface area contributed by atoms with Crippen LogP contribution < -0.4 is 21.8 Å². The van der Waals surface area contributed by atoms with Crippen molar-refractivity contribution in [3.05, 3.63) is 0 Å². The standard InChI is InChI=1S/C14H24N4O9/c15-27-7-10(19)16-6-2-1-3-8(12(22)23)17-14(26)18-9(13(24)25)4-5-11(20)21/h8-9H,1-7H2,15H3,(H5-,16,17,18,19,20,21,22,23,24,25,26)/p+1. The Bertz CT molecular complexity index is 541. The zero-order valence-corrected chi connectivity index (χ0v) is 14.6. The van der Waals surface area contributed by atoms with Crippen LogP contribution in [0, 0.1) is 0 Å². The van der Waals surface area contributed by atoms with Crippen molar-refractivity contribution in [2.45, 2.75) is 44.2 Å². The fourth-order valence-electron chi connectivity index (χ4n) is 1.99. The minimum absolute atomic E-state index is 0.0529. The van der Waals surface area contributed by atoms with Crippen LogP contribution in [0.15, 0.2) is 0 Å². The number of rotatable bonds is 14. The molecule has 0 aromatic rings. The van der Waals surface area contributed by atoms with Crippen LogP contribution in [0.25, 0.3) is 0 Å². The van der Waals surface area contributed by atoms with Gasteiger partial charge in [-0.25, -0.2) is 20.3 Å². The van der Waals surface area contributed by atoms with Crippen molar-refractivity contribution in [1.82, 2.24) is 16.0 Å². The number of quaternary nitrogens is 1. The maximum absolute atomic E-state index is 11.8. The molecule has 2 unspecified atom stereocenters. The molecule has 154 valence electrons. The van der Waals surface area contributed by atoms with Crippen LogP contribution in [0.3, 0.4) is 0 Å². The Balaban J connectivity index is 4.36. The van der Waals surface area contributed by atoms with E-state index >= 15 is 0 Å². The summed E-state index contributed by atoms with van der Waals surface area (Å²) in [6, 6.07) is -3.75. The lowest BCUT2D eigenvalue weighted by molar-refractivity contribution is -0.685. The highest BCUT2D eigenvalue weighted by Crippen LogP contribution is 2.02. The van der Waals surface area contributed by atoms with E-state index in [9.17, 15) is 24.0 Å². The Hall–Kier alpha value is -2.93. The molecule has 3 amide bonds. The van der Waals surface area contributed by atoms with Crippen LogP contribution in [0.4, 0.5) is 4.79 Å². The SMILES string of the molecule is [NH3+]OCC(=O)NCCCCC(NC(=O)NC(CCC(=O)O)C(=O)O)C(=O)O. The second kappa shape index (κ2) is 13.3. The molecule has 0 rings (SSSR count). The van der Waals surface area contributed by atoms with Gasteiger partial charge in [0.25, 0.3) is 5.91 Å². The van der Waals surface area contributed by atoms with Crippen LogP contribution in [-0.4, -0.2) is 70.4 Å². The number of carbonyl (C=O) groups is 5. The van der Waals surface area contributed by atoms with Gasteiger partial charge in [-0.3, -0.25) is 9.59 Å². The van der Waals surface area contributed by atoms with Gasteiger partial charge in [-0.2, -0.15) is 4.84 Å². The van der Waals surface area contributed by atoms with Gasteiger partial charge in [-0.1, -0.05) is 0 Å². The van der Waals surface area contributed by atoms with E-state index in [1.165, 1.54) is 0 Å². The van der Waals surface area contributed by atoms with Crippen molar-refractivity contribution < 1.29 is 50.0 Å². The van der Waals surface area contributed by atoms with Gasteiger partial charge in [0.05, 0.1) is 0 Å². The van der Waals surface area contributed by atoms with Crippen molar-refractivity contribution in [3.8, 4) is 0 Å². The summed E-state index contributed by atoms with van der Waals surface area (Å²) >= 11 is 0. The average Bonchev–Trinajstić information content (AvgIpc) is 2.56.